The van der Waals surface area contributed by atoms with Gasteiger partial charge in [-0.05, 0) is 24.5 Å². The molecule has 4 rings (SSSR count). The van der Waals surface area contributed by atoms with Crippen LogP contribution in [0.25, 0.3) is 17.0 Å². The lowest BCUT2D eigenvalue weighted by Crippen LogP contribution is -2.21. The van der Waals surface area contributed by atoms with Crippen LogP contribution in [0.5, 0.6) is 11.5 Å². The summed E-state index contributed by atoms with van der Waals surface area (Å²) < 4.78 is 36.8. The van der Waals surface area contributed by atoms with Gasteiger partial charge >= 0.3 is 12.6 Å². The third-order valence-electron chi connectivity index (χ3n) is 4.43. The Morgan fingerprint density at radius 1 is 1.37 bits per heavy atom. The number of H-pyrrole nitrogens is 1. The van der Waals surface area contributed by atoms with Gasteiger partial charge in [-0.3, -0.25) is 9.20 Å². The number of aromatic amines is 1. The molecule has 3 aromatic heterocycles. The predicted octanol–water partition coefficient (Wildman–Crippen LogP) is 2.10. The first kappa shape index (κ1) is 17.0. The molecule has 0 bridgehead atoms. The van der Waals surface area contributed by atoms with Crippen molar-refractivity contribution in [3.8, 4) is 22.9 Å². The van der Waals surface area contributed by atoms with E-state index in [-0.39, 0.29) is 17.0 Å². The van der Waals surface area contributed by atoms with Gasteiger partial charge in [0.1, 0.15) is 17.0 Å². The highest BCUT2D eigenvalue weighted by molar-refractivity contribution is 5.88. The van der Waals surface area contributed by atoms with E-state index in [1.165, 1.54) is 19.2 Å². The number of imidazole rings is 1. The number of nitrogens with one attached hydrogen (secondary N) is 1. The van der Waals surface area contributed by atoms with Crippen LogP contribution in [0, 0.1) is 0 Å². The first-order chi connectivity index (χ1) is 12.9. The largest absolute Gasteiger partial charge is 0.495 e. The number of aryl methyl sites for hydroxylation is 2. The molecule has 1 aliphatic rings. The highest BCUT2D eigenvalue weighted by Gasteiger charge is 2.27. The second-order valence-corrected chi connectivity index (χ2v) is 5.94. The van der Waals surface area contributed by atoms with Crippen molar-refractivity contribution in [2.24, 2.45) is 0 Å². The number of halogens is 2. The first-order valence-electron chi connectivity index (χ1n) is 7.92. The molecule has 0 saturated heterocycles. The number of rotatable bonds is 4. The lowest BCUT2D eigenvalue weighted by atomic mass is 9.95. The van der Waals surface area contributed by atoms with Gasteiger partial charge in [0.15, 0.2) is 11.4 Å². The molecule has 0 aliphatic heterocycles. The quantitative estimate of drug-likeness (QED) is 0.721. The number of nitrogens with zero attached hydrogens (tertiary/aromatic N) is 2. The van der Waals surface area contributed by atoms with Gasteiger partial charge in [0.2, 0.25) is 0 Å². The van der Waals surface area contributed by atoms with Crippen molar-refractivity contribution in [3.05, 3.63) is 45.5 Å². The Kier molecular flexibility index (Phi) is 3.83. The molecule has 3 heterocycles. The fraction of sp³-hybridized carbons (Fsp3) is 0.235. The maximum atomic E-state index is 12.8. The van der Waals surface area contributed by atoms with Crippen LogP contribution in [-0.4, -0.2) is 39.2 Å². The van der Waals surface area contributed by atoms with E-state index in [0.717, 1.165) is 0 Å². The van der Waals surface area contributed by atoms with Crippen molar-refractivity contribution < 1.29 is 28.2 Å². The number of aromatic nitrogens is 3. The molecule has 0 saturated carbocycles. The number of pyridine rings is 2. The molecule has 8 nitrogen and oxygen atoms in total. The van der Waals surface area contributed by atoms with Gasteiger partial charge < -0.3 is 19.6 Å². The third-order valence-corrected chi connectivity index (χ3v) is 4.43. The number of methoxy groups -OCH3 is 1. The van der Waals surface area contributed by atoms with Crippen LogP contribution in [0.4, 0.5) is 8.78 Å². The molecule has 0 spiro atoms. The number of fused-ring (bicyclic) bond motifs is 5. The van der Waals surface area contributed by atoms with Crippen LogP contribution in [0.1, 0.15) is 21.6 Å². The van der Waals surface area contributed by atoms with Crippen LogP contribution in [0.15, 0.2) is 23.1 Å². The van der Waals surface area contributed by atoms with E-state index in [1.54, 1.807) is 10.6 Å². The Morgan fingerprint density at radius 3 is 2.81 bits per heavy atom. The summed E-state index contributed by atoms with van der Waals surface area (Å²) in [7, 11) is 1.40. The van der Waals surface area contributed by atoms with E-state index in [9.17, 15) is 18.4 Å². The number of carbonyl (C=O) groups is 1. The van der Waals surface area contributed by atoms with Crippen molar-refractivity contribution in [1.29, 1.82) is 0 Å². The molecule has 0 aromatic carbocycles. The Morgan fingerprint density at radius 2 is 2.15 bits per heavy atom. The molecule has 0 radical (unpaired) electrons. The average Bonchev–Trinajstić information content (AvgIpc) is 3.00. The van der Waals surface area contributed by atoms with E-state index in [1.807, 2.05) is 0 Å². The Balaban J connectivity index is 1.97. The number of carboxylic acids is 1. The van der Waals surface area contributed by atoms with E-state index in [2.05, 4.69) is 14.7 Å². The van der Waals surface area contributed by atoms with Crippen molar-refractivity contribution in [2.45, 2.75) is 19.5 Å². The number of hydrogen-bond acceptors (Lipinski definition) is 5. The van der Waals surface area contributed by atoms with Gasteiger partial charge in [-0.2, -0.15) is 8.78 Å². The van der Waals surface area contributed by atoms with Gasteiger partial charge in [0.25, 0.3) is 5.56 Å². The smallest absolute Gasteiger partial charge is 0.387 e. The summed E-state index contributed by atoms with van der Waals surface area (Å²) in [6, 6.07) is 2.62. The maximum Gasteiger partial charge on any atom is 0.387 e. The van der Waals surface area contributed by atoms with Gasteiger partial charge in [0, 0.05) is 6.07 Å². The highest BCUT2D eigenvalue weighted by Crippen LogP contribution is 2.36. The molecule has 1 aliphatic carbocycles. The molecule has 0 fully saturated rings. The molecule has 10 heteroatoms. The summed E-state index contributed by atoms with van der Waals surface area (Å²) in [4.78, 5) is 30.1. The summed E-state index contributed by atoms with van der Waals surface area (Å²) in [5.74, 6) is -1.18. The minimum absolute atomic E-state index is 0.150. The normalized spacial score (nSPS) is 12.7. The lowest BCUT2D eigenvalue weighted by Gasteiger charge is -2.16. The molecular formula is C17H13F2N3O5. The number of ether oxygens (including phenoxy) is 2. The average molecular weight is 377 g/mol. The minimum atomic E-state index is -3.04. The van der Waals surface area contributed by atoms with Crippen molar-refractivity contribution in [3.63, 3.8) is 0 Å². The Hall–Kier alpha value is -3.43. The van der Waals surface area contributed by atoms with Gasteiger partial charge in [-0.15, -0.1) is 0 Å². The number of aromatic carboxylic acids is 1. The first-order valence-corrected chi connectivity index (χ1v) is 7.92. The van der Waals surface area contributed by atoms with Gasteiger partial charge in [0.05, 0.1) is 24.7 Å². The van der Waals surface area contributed by atoms with Crippen molar-refractivity contribution in [1.82, 2.24) is 14.4 Å². The van der Waals surface area contributed by atoms with E-state index < -0.39 is 18.1 Å². The molecule has 2 N–H and O–H groups in total. The number of hydrogen-bond donors (Lipinski definition) is 2. The van der Waals surface area contributed by atoms with Crippen LogP contribution >= 0.6 is 0 Å². The van der Waals surface area contributed by atoms with Gasteiger partial charge in [-0.25, -0.2) is 9.78 Å². The topological polar surface area (TPSA) is 106 Å². The zero-order valence-corrected chi connectivity index (χ0v) is 14.0. The second-order valence-electron chi connectivity index (χ2n) is 5.94. The summed E-state index contributed by atoms with van der Waals surface area (Å²) in [5.41, 5.74) is 1.09. The second kappa shape index (κ2) is 6.08. The summed E-state index contributed by atoms with van der Waals surface area (Å²) >= 11 is 0. The van der Waals surface area contributed by atoms with Crippen molar-refractivity contribution in [2.75, 3.05) is 7.11 Å². The molecule has 27 heavy (non-hydrogen) atoms. The Bertz CT molecular complexity index is 1140. The minimum Gasteiger partial charge on any atom is -0.495 e. The van der Waals surface area contributed by atoms with E-state index in [4.69, 9.17) is 9.84 Å². The number of carboxylic acid groups (broad SMARTS) is 1. The van der Waals surface area contributed by atoms with Crippen molar-refractivity contribution >= 4 is 11.6 Å². The molecule has 0 atom stereocenters. The summed E-state index contributed by atoms with van der Waals surface area (Å²) in [6.45, 7) is -3.04. The third kappa shape index (κ3) is 2.69. The van der Waals surface area contributed by atoms with Crippen LogP contribution in [0.3, 0.4) is 0 Å². The van der Waals surface area contributed by atoms with Crippen LogP contribution < -0.4 is 15.0 Å². The molecule has 0 amide bonds. The van der Waals surface area contributed by atoms with Gasteiger partial charge in [-0.1, -0.05) is 0 Å². The zero-order valence-electron chi connectivity index (χ0n) is 14.0. The fourth-order valence-corrected chi connectivity index (χ4v) is 3.26. The fourth-order valence-electron chi connectivity index (χ4n) is 3.26. The van der Waals surface area contributed by atoms with Crippen LogP contribution in [-0.2, 0) is 12.8 Å². The zero-order chi connectivity index (χ0) is 19.3. The molecule has 0 unspecified atom stereocenters. The monoisotopic (exact) mass is 377 g/mol. The summed E-state index contributed by atoms with van der Waals surface area (Å²) in [5, 5.41) is 9.11. The summed E-state index contributed by atoms with van der Waals surface area (Å²) in [6.07, 6.45) is 2.51. The standard InChI is InChI=1S/C17H13F2N3O5/c1-26-8-5-11(27-17(18)19)14-20-13-10(22(14)6-8)3-2-7-4-9(16(24)25)15(23)21-12(7)13/h4-6,17H,2-3H2,1H3,(H,21,23)(H,24,25). The number of alkyl halides is 2. The molecule has 3 aromatic rings. The molecular weight excluding hydrogens is 364 g/mol. The highest BCUT2D eigenvalue weighted by atomic mass is 19.3. The predicted molar refractivity (Wildman–Crippen MR) is 88.8 cm³/mol. The van der Waals surface area contributed by atoms with Crippen LogP contribution in [0.2, 0.25) is 0 Å². The molecule has 140 valence electrons. The lowest BCUT2D eigenvalue weighted by molar-refractivity contribution is -0.0492. The Labute approximate surface area is 150 Å². The SMILES string of the molecule is COc1cc(OC(F)F)c2nc3c(n2c1)CCc1cc(C(=O)O)c(=O)[nH]c1-3. The maximum absolute atomic E-state index is 12.8. The van der Waals surface area contributed by atoms with E-state index >= 15 is 0 Å². The van der Waals surface area contributed by atoms with E-state index in [0.29, 0.717) is 41.2 Å².